The van der Waals surface area contributed by atoms with Gasteiger partial charge in [0.2, 0.25) is 0 Å². The highest BCUT2D eigenvalue weighted by Gasteiger charge is 2.25. The van der Waals surface area contributed by atoms with Crippen molar-refractivity contribution in [2.24, 2.45) is 17.8 Å². The lowest BCUT2D eigenvalue weighted by Crippen LogP contribution is -2.17. The molecule has 0 nitrogen and oxygen atoms in total. The van der Waals surface area contributed by atoms with Crippen molar-refractivity contribution in [1.82, 2.24) is 0 Å². The Balaban J connectivity index is 1.46. The molecular formula is C22H32F2. The zero-order chi connectivity index (χ0) is 17.1. The number of halogens is 2. The third kappa shape index (κ3) is 4.37. The van der Waals surface area contributed by atoms with Crippen LogP contribution in [0.15, 0.2) is 12.1 Å². The summed E-state index contributed by atoms with van der Waals surface area (Å²) in [6.45, 7) is 3.89. The summed E-state index contributed by atoms with van der Waals surface area (Å²) < 4.78 is 27.6. The van der Waals surface area contributed by atoms with Crippen LogP contribution in [0.25, 0.3) is 0 Å². The molecule has 0 saturated heterocycles. The molecule has 0 radical (unpaired) electrons. The molecule has 0 spiro atoms. The van der Waals surface area contributed by atoms with Gasteiger partial charge in [-0.3, -0.25) is 0 Å². The Bertz CT molecular complexity index is 512. The molecule has 0 amide bonds. The molecule has 0 aliphatic heterocycles. The first-order valence-electron chi connectivity index (χ1n) is 9.98. The SMILES string of the molecule is Cc1c(F)cc(C2CCC(CCC3CCC(C)CC3)CC2)cc1F. The molecule has 0 atom stereocenters. The van der Waals surface area contributed by atoms with E-state index in [1.807, 2.05) is 0 Å². The molecule has 0 aromatic heterocycles. The lowest BCUT2D eigenvalue weighted by molar-refractivity contribution is 0.237. The van der Waals surface area contributed by atoms with Gasteiger partial charge in [0, 0.05) is 5.56 Å². The van der Waals surface area contributed by atoms with E-state index in [1.165, 1.54) is 58.3 Å². The average molecular weight is 334 g/mol. The van der Waals surface area contributed by atoms with Crippen LogP contribution in [0, 0.1) is 36.3 Å². The molecule has 2 heteroatoms. The van der Waals surface area contributed by atoms with Gasteiger partial charge in [-0.05, 0) is 74.0 Å². The van der Waals surface area contributed by atoms with E-state index in [-0.39, 0.29) is 5.56 Å². The van der Waals surface area contributed by atoms with Crippen molar-refractivity contribution in [3.05, 3.63) is 34.9 Å². The summed E-state index contributed by atoms with van der Waals surface area (Å²) in [6, 6.07) is 3.12. The van der Waals surface area contributed by atoms with Crippen LogP contribution < -0.4 is 0 Å². The molecule has 0 unspecified atom stereocenters. The van der Waals surface area contributed by atoms with Crippen molar-refractivity contribution in [1.29, 1.82) is 0 Å². The lowest BCUT2D eigenvalue weighted by Gasteiger charge is -2.31. The van der Waals surface area contributed by atoms with Crippen LogP contribution in [-0.4, -0.2) is 0 Å². The Morgan fingerprint density at radius 2 is 1.25 bits per heavy atom. The second kappa shape index (κ2) is 7.97. The summed E-state index contributed by atoms with van der Waals surface area (Å²) in [7, 11) is 0. The van der Waals surface area contributed by atoms with Crippen molar-refractivity contribution in [3.8, 4) is 0 Å². The van der Waals surface area contributed by atoms with E-state index in [0.29, 0.717) is 5.92 Å². The smallest absolute Gasteiger partial charge is 0.129 e. The van der Waals surface area contributed by atoms with E-state index in [1.54, 1.807) is 12.1 Å². The fourth-order valence-electron chi connectivity index (χ4n) is 4.77. The second-order valence-electron chi connectivity index (χ2n) is 8.53. The van der Waals surface area contributed by atoms with Gasteiger partial charge in [0.1, 0.15) is 11.6 Å². The van der Waals surface area contributed by atoms with Crippen LogP contribution in [0.2, 0.25) is 0 Å². The van der Waals surface area contributed by atoms with Crippen LogP contribution in [0.3, 0.4) is 0 Å². The maximum atomic E-state index is 13.8. The first-order chi connectivity index (χ1) is 11.5. The second-order valence-corrected chi connectivity index (χ2v) is 8.53. The number of hydrogen-bond acceptors (Lipinski definition) is 0. The highest BCUT2D eigenvalue weighted by molar-refractivity contribution is 5.28. The van der Waals surface area contributed by atoms with E-state index in [2.05, 4.69) is 6.92 Å². The molecule has 2 fully saturated rings. The Labute approximate surface area is 146 Å². The van der Waals surface area contributed by atoms with Gasteiger partial charge in [0.05, 0.1) is 0 Å². The summed E-state index contributed by atoms with van der Waals surface area (Å²) in [5, 5.41) is 0. The third-order valence-electron chi connectivity index (χ3n) is 6.74. The fraction of sp³-hybridized carbons (Fsp3) is 0.727. The molecular weight excluding hydrogens is 302 g/mol. The standard InChI is InChI=1S/C22H32F2/c1-15-3-5-17(6-4-15)7-8-18-9-11-19(12-10-18)20-13-21(23)16(2)22(24)14-20/h13-15,17-19H,3-12H2,1-2H3. The van der Waals surface area contributed by atoms with Gasteiger partial charge >= 0.3 is 0 Å². The topological polar surface area (TPSA) is 0 Å². The van der Waals surface area contributed by atoms with Gasteiger partial charge < -0.3 is 0 Å². The Hall–Kier alpha value is -0.920. The molecule has 0 N–H and O–H groups in total. The Kier molecular flexibility index (Phi) is 5.94. The molecule has 0 bridgehead atoms. The van der Waals surface area contributed by atoms with E-state index in [0.717, 1.165) is 36.2 Å². The first-order valence-corrected chi connectivity index (χ1v) is 9.98. The summed E-state index contributed by atoms with van der Waals surface area (Å²) in [4.78, 5) is 0. The van der Waals surface area contributed by atoms with Gasteiger partial charge in [0.15, 0.2) is 0 Å². The van der Waals surface area contributed by atoms with Crippen LogP contribution >= 0.6 is 0 Å². The van der Waals surface area contributed by atoms with Gasteiger partial charge in [0.25, 0.3) is 0 Å². The van der Waals surface area contributed by atoms with Crippen molar-refractivity contribution < 1.29 is 8.78 Å². The van der Waals surface area contributed by atoms with Crippen LogP contribution in [-0.2, 0) is 0 Å². The number of hydrogen-bond donors (Lipinski definition) is 0. The molecule has 3 rings (SSSR count). The van der Waals surface area contributed by atoms with Crippen LogP contribution in [0.1, 0.15) is 88.2 Å². The summed E-state index contributed by atoms with van der Waals surface area (Å²) in [6.07, 6.45) is 13.1. The minimum Gasteiger partial charge on any atom is -0.207 e. The monoisotopic (exact) mass is 334 g/mol. The maximum absolute atomic E-state index is 13.8. The lowest BCUT2D eigenvalue weighted by atomic mass is 9.74. The Morgan fingerprint density at radius 1 is 0.792 bits per heavy atom. The van der Waals surface area contributed by atoms with Gasteiger partial charge in [-0.15, -0.1) is 0 Å². The highest BCUT2D eigenvalue weighted by Crippen LogP contribution is 2.40. The minimum absolute atomic E-state index is 0.147. The molecule has 1 aromatic carbocycles. The molecule has 24 heavy (non-hydrogen) atoms. The van der Waals surface area contributed by atoms with Crippen molar-refractivity contribution in [3.63, 3.8) is 0 Å². The quantitative estimate of drug-likeness (QED) is 0.548. The van der Waals surface area contributed by atoms with Crippen molar-refractivity contribution >= 4 is 0 Å². The summed E-state index contributed by atoms with van der Waals surface area (Å²) in [5.41, 5.74) is 1.02. The summed E-state index contributed by atoms with van der Waals surface area (Å²) in [5.74, 6) is 2.30. The van der Waals surface area contributed by atoms with E-state index in [9.17, 15) is 8.78 Å². The Morgan fingerprint density at radius 3 is 1.75 bits per heavy atom. The minimum atomic E-state index is -0.390. The fourth-order valence-corrected chi connectivity index (χ4v) is 4.77. The molecule has 2 saturated carbocycles. The zero-order valence-corrected chi connectivity index (χ0v) is 15.3. The molecule has 1 aromatic rings. The van der Waals surface area contributed by atoms with Gasteiger partial charge in [-0.2, -0.15) is 0 Å². The normalized spacial score (nSPS) is 31.2. The van der Waals surface area contributed by atoms with E-state index < -0.39 is 11.6 Å². The highest BCUT2D eigenvalue weighted by atomic mass is 19.1. The van der Waals surface area contributed by atoms with Crippen molar-refractivity contribution in [2.45, 2.75) is 84.0 Å². The molecule has 0 heterocycles. The van der Waals surface area contributed by atoms with Crippen LogP contribution in [0.5, 0.6) is 0 Å². The zero-order valence-electron chi connectivity index (χ0n) is 15.3. The maximum Gasteiger partial charge on any atom is 0.129 e. The predicted octanol–water partition coefficient (Wildman–Crippen LogP) is 7.15. The molecule has 2 aliphatic rings. The average Bonchev–Trinajstić information content (AvgIpc) is 2.59. The summed E-state index contributed by atoms with van der Waals surface area (Å²) >= 11 is 0. The van der Waals surface area contributed by atoms with Gasteiger partial charge in [-0.1, -0.05) is 45.4 Å². The molecule has 2 aliphatic carbocycles. The van der Waals surface area contributed by atoms with E-state index in [4.69, 9.17) is 0 Å². The largest absolute Gasteiger partial charge is 0.207 e. The van der Waals surface area contributed by atoms with Gasteiger partial charge in [-0.25, -0.2) is 8.78 Å². The number of rotatable bonds is 4. The van der Waals surface area contributed by atoms with Crippen LogP contribution in [0.4, 0.5) is 8.78 Å². The predicted molar refractivity (Wildman–Crippen MR) is 96.2 cm³/mol. The number of benzene rings is 1. The molecule has 134 valence electrons. The third-order valence-corrected chi connectivity index (χ3v) is 6.74. The van der Waals surface area contributed by atoms with Crippen molar-refractivity contribution in [2.75, 3.05) is 0 Å². The first kappa shape index (κ1) is 17.9. The van der Waals surface area contributed by atoms with E-state index >= 15 is 0 Å².